The van der Waals surface area contributed by atoms with Gasteiger partial charge in [0.2, 0.25) is 11.8 Å². The van der Waals surface area contributed by atoms with Gasteiger partial charge in [-0.3, -0.25) is 0 Å². The van der Waals surface area contributed by atoms with Crippen LogP contribution in [0, 0.1) is 0 Å². The van der Waals surface area contributed by atoms with E-state index in [0.717, 1.165) is 10.0 Å². The lowest BCUT2D eigenvalue weighted by atomic mass is 10.2. The second-order valence-corrected chi connectivity index (χ2v) is 4.97. The maximum absolute atomic E-state index is 6.16. The van der Waals surface area contributed by atoms with Crippen LogP contribution in [0.25, 0.3) is 0 Å². The number of nitrogens with zero attached hydrogens (tertiary/aromatic N) is 2. The highest BCUT2D eigenvalue weighted by molar-refractivity contribution is 9.10. The number of ether oxygens (including phenoxy) is 3. The van der Waals surface area contributed by atoms with E-state index in [2.05, 4.69) is 25.9 Å². The lowest BCUT2D eigenvalue weighted by molar-refractivity contribution is 0.266. The van der Waals surface area contributed by atoms with Crippen LogP contribution in [0.2, 0.25) is 5.02 Å². The van der Waals surface area contributed by atoms with Crippen molar-refractivity contribution in [3.63, 3.8) is 0 Å². The van der Waals surface area contributed by atoms with Crippen molar-refractivity contribution in [3.8, 4) is 17.8 Å². The van der Waals surface area contributed by atoms with Gasteiger partial charge in [-0.1, -0.05) is 23.7 Å². The van der Waals surface area contributed by atoms with Crippen molar-refractivity contribution in [2.24, 2.45) is 0 Å². The standard InChI is InChI=1S/C13H12BrClN2O3/c1-18-10-6-11(19-2)17-13(16-10)20-7-8-4-3-5-9(14)12(8)15/h3-6H,7H2,1-2H3. The average Bonchev–Trinajstić information content (AvgIpc) is 2.48. The quantitative estimate of drug-likeness (QED) is 0.818. The molecule has 0 fully saturated rings. The van der Waals surface area contributed by atoms with E-state index in [1.165, 1.54) is 14.2 Å². The third-order valence-corrected chi connectivity index (χ3v) is 3.80. The molecule has 0 atom stereocenters. The van der Waals surface area contributed by atoms with Crippen LogP contribution in [-0.2, 0) is 6.61 Å². The Morgan fingerprint density at radius 2 is 1.80 bits per heavy atom. The van der Waals surface area contributed by atoms with E-state index in [0.29, 0.717) is 16.8 Å². The predicted molar refractivity (Wildman–Crippen MR) is 78.6 cm³/mol. The van der Waals surface area contributed by atoms with Crippen LogP contribution >= 0.6 is 27.5 Å². The Bertz CT molecular complexity index is 588. The van der Waals surface area contributed by atoms with Gasteiger partial charge in [0.25, 0.3) is 0 Å². The van der Waals surface area contributed by atoms with Gasteiger partial charge in [-0.05, 0) is 22.0 Å². The molecule has 2 rings (SSSR count). The van der Waals surface area contributed by atoms with Crippen molar-refractivity contribution < 1.29 is 14.2 Å². The topological polar surface area (TPSA) is 53.5 Å². The number of hydrogen-bond donors (Lipinski definition) is 0. The first-order valence-electron chi connectivity index (χ1n) is 5.66. The lowest BCUT2D eigenvalue weighted by Crippen LogP contribution is -2.02. The van der Waals surface area contributed by atoms with Gasteiger partial charge in [-0.2, -0.15) is 9.97 Å². The molecule has 0 saturated carbocycles. The third-order valence-electron chi connectivity index (χ3n) is 2.47. The Balaban J connectivity index is 2.16. The molecular weight excluding hydrogens is 348 g/mol. The largest absolute Gasteiger partial charge is 0.481 e. The Hall–Kier alpha value is -1.53. The number of methoxy groups -OCH3 is 2. The average molecular weight is 360 g/mol. The van der Waals surface area contributed by atoms with Crippen LogP contribution in [0.4, 0.5) is 0 Å². The summed E-state index contributed by atoms with van der Waals surface area (Å²) in [7, 11) is 3.02. The van der Waals surface area contributed by atoms with Crippen molar-refractivity contribution in [3.05, 3.63) is 39.3 Å². The Labute approximate surface area is 130 Å². The number of halogens is 2. The molecule has 1 aromatic heterocycles. The maximum Gasteiger partial charge on any atom is 0.323 e. The summed E-state index contributed by atoms with van der Waals surface area (Å²) < 4.78 is 16.4. The van der Waals surface area contributed by atoms with Gasteiger partial charge in [-0.15, -0.1) is 0 Å². The van der Waals surface area contributed by atoms with E-state index < -0.39 is 0 Å². The van der Waals surface area contributed by atoms with Crippen molar-refractivity contribution in [1.29, 1.82) is 0 Å². The first-order valence-corrected chi connectivity index (χ1v) is 6.84. The smallest absolute Gasteiger partial charge is 0.323 e. The number of rotatable bonds is 5. The Kier molecular flexibility index (Phi) is 5.03. The molecule has 106 valence electrons. The van der Waals surface area contributed by atoms with Crippen LogP contribution in [0.3, 0.4) is 0 Å². The molecule has 0 aliphatic rings. The monoisotopic (exact) mass is 358 g/mol. The Morgan fingerprint density at radius 1 is 1.15 bits per heavy atom. The minimum atomic E-state index is 0.164. The summed E-state index contributed by atoms with van der Waals surface area (Å²) in [5.74, 6) is 0.736. The molecule has 0 unspecified atom stereocenters. The minimum Gasteiger partial charge on any atom is -0.481 e. The van der Waals surface area contributed by atoms with E-state index in [1.807, 2.05) is 18.2 Å². The van der Waals surface area contributed by atoms with Crippen LogP contribution < -0.4 is 14.2 Å². The van der Waals surface area contributed by atoms with Gasteiger partial charge < -0.3 is 14.2 Å². The summed E-state index contributed by atoms with van der Waals surface area (Å²) >= 11 is 9.52. The maximum atomic E-state index is 6.16. The molecule has 7 heteroatoms. The highest BCUT2D eigenvalue weighted by atomic mass is 79.9. The number of aromatic nitrogens is 2. The molecule has 0 N–H and O–H groups in total. The summed E-state index contributed by atoms with van der Waals surface area (Å²) in [6, 6.07) is 7.33. The van der Waals surface area contributed by atoms with E-state index in [-0.39, 0.29) is 12.6 Å². The van der Waals surface area contributed by atoms with Gasteiger partial charge in [0.05, 0.1) is 25.3 Å². The molecule has 1 aromatic carbocycles. The van der Waals surface area contributed by atoms with E-state index in [9.17, 15) is 0 Å². The summed E-state index contributed by atoms with van der Waals surface area (Å²) in [4.78, 5) is 8.15. The summed E-state index contributed by atoms with van der Waals surface area (Å²) in [6.07, 6.45) is 0. The van der Waals surface area contributed by atoms with E-state index >= 15 is 0 Å². The molecule has 0 radical (unpaired) electrons. The van der Waals surface area contributed by atoms with Crippen molar-refractivity contribution in [2.75, 3.05) is 14.2 Å². The zero-order valence-corrected chi connectivity index (χ0v) is 13.2. The predicted octanol–water partition coefficient (Wildman–Crippen LogP) is 3.49. The van der Waals surface area contributed by atoms with Gasteiger partial charge in [0.1, 0.15) is 6.61 Å². The SMILES string of the molecule is COc1cc(OC)nc(OCc2cccc(Br)c2Cl)n1. The fraction of sp³-hybridized carbons (Fsp3) is 0.231. The van der Waals surface area contributed by atoms with Gasteiger partial charge >= 0.3 is 6.01 Å². The first-order chi connectivity index (χ1) is 9.63. The molecule has 1 heterocycles. The van der Waals surface area contributed by atoms with Gasteiger partial charge in [-0.25, -0.2) is 0 Å². The fourth-order valence-corrected chi connectivity index (χ4v) is 2.05. The normalized spacial score (nSPS) is 10.2. The second-order valence-electron chi connectivity index (χ2n) is 3.74. The van der Waals surface area contributed by atoms with Gasteiger partial charge in [0.15, 0.2) is 0 Å². The molecule has 0 amide bonds. The molecule has 2 aromatic rings. The zero-order chi connectivity index (χ0) is 14.5. The second kappa shape index (κ2) is 6.76. The van der Waals surface area contributed by atoms with Crippen LogP contribution in [0.1, 0.15) is 5.56 Å². The molecule has 0 saturated heterocycles. The fourth-order valence-electron chi connectivity index (χ4n) is 1.46. The Morgan fingerprint density at radius 3 is 2.40 bits per heavy atom. The van der Waals surface area contributed by atoms with Crippen molar-refractivity contribution in [1.82, 2.24) is 9.97 Å². The molecule has 0 aliphatic carbocycles. The summed E-state index contributed by atoms with van der Waals surface area (Å²) in [5.41, 5.74) is 0.825. The third kappa shape index (κ3) is 3.52. The molecule has 0 spiro atoms. The molecule has 20 heavy (non-hydrogen) atoms. The summed E-state index contributed by atoms with van der Waals surface area (Å²) in [6.45, 7) is 0.245. The van der Waals surface area contributed by atoms with E-state index in [4.69, 9.17) is 25.8 Å². The first kappa shape index (κ1) is 14.9. The molecule has 0 aliphatic heterocycles. The highest BCUT2D eigenvalue weighted by Gasteiger charge is 2.09. The summed E-state index contributed by atoms with van der Waals surface area (Å²) in [5, 5.41) is 0.599. The minimum absolute atomic E-state index is 0.164. The number of benzene rings is 1. The van der Waals surface area contributed by atoms with Crippen molar-refractivity contribution in [2.45, 2.75) is 6.61 Å². The molecule has 5 nitrogen and oxygen atoms in total. The highest BCUT2D eigenvalue weighted by Crippen LogP contribution is 2.27. The lowest BCUT2D eigenvalue weighted by Gasteiger charge is -2.09. The van der Waals surface area contributed by atoms with Crippen LogP contribution in [0.15, 0.2) is 28.7 Å². The van der Waals surface area contributed by atoms with Crippen LogP contribution in [0.5, 0.6) is 17.8 Å². The molecular formula is C13H12BrClN2O3. The van der Waals surface area contributed by atoms with E-state index in [1.54, 1.807) is 6.07 Å². The number of hydrogen-bond acceptors (Lipinski definition) is 5. The van der Waals surface area contributed by atoms with Crippen LogP contribution in [-0.4, -0.2) is 24.2 Å². The zero-order valence-electron chi connectivity index (χ0n) is 10.9. The van der Waals surface area contributed by atoms with Gasteiger partial charge in [0, 0.05) is 10.0 Å². The van der Waals surface area contributed by atoms with Crippen molar-refractivity contribution >= 4 is 27.5 Å². The molecule has 0 bridgehead atoms.